The predicted molar refractivity (Wildman–Crippen MR) is 95.9 cm³/mol. The highest BCUT2D eigenvalue weighted by Gasteiger charge is 2.14. The lowest BCUT2D eigenvalue weighted by Gasteiger charge is -2.19. The number of carbonyl (C=O) groups excluding carboxylic acids is 1. The maximum atomic E-state index is 12.2. The molecule has 128 valence electrons. The third-order valence-electron chi connectivity index (χ3n) is 3.63. The van der Waals surface area contributed by atoms with Gasteiger partial charge in [-0.2, -0.15) is 0 Å². The van der Waals surface area contributed by atoms with Crippen LogP contribution in [0.5, 0.6) is 11.5 Å². The Labute approximate surface area is 143 Å². The van der Waals surface area contributed by atoms with Gasteiger partial charge in [-0.15, -0.1) is 0 Å². The Morgan fingerprint density at radius 2 is 1.88 bits per heavy atom. The molecular formula is C19H24N2O3. The quantitative estimate of drug-likeness (QED) is 0.832. The Kier molecular flexibility index (Phi) is 6.07. The molecule has 0 radical (unpaired) electrons. The van der Waals surface area contributed by atoms with Crippen LogP contribution in [-0.2, 0) is 0 Å². The molecule has 5 nitrogen and oxygen atoms in total. The molecule has 1 unspecified atom stereocenters. The van der Waals surface area contributed by atoms with E-state index in [2.05, 4.69) is 10.6 Å². The number of aryl methyl sites for hydroxylation is 1. The van der Waals surface area contributed by atoms with Crippen LogP contribution in [-0.4, -0.2) is 19.7 Å². The van der Waals surface area contributed by atoms with Gasteiger partial charge in [0.1, 0.15) is 11.5 Å². The molecule has 2 amide bonds. The number of anilines is 1. The standard InChI is InChI=1S/C19H24N2O3/c1-5-24-18-11-6-13(2)12-17(18)14(3)20-19(22)21-15-7-9-16(23-4)10-8-15/h6-12,14H,5H2,1-4H3,(H2,20,21,22). The molecule has 24 heavy (non-hydrogen) atoms. The normalized spacial score (nSPS) is 11.5. The number of rotatable bonds is 6. The fraction of sp³-hybridized carbons (Fsp3) is 0.316. The number of hydrogen-bond donors (Lipinski definition) is 2. The number of hydrogen-bond acceptors (Lipinski definition) is 3. The zero-order chi connectivity index (χ0) is 17.5. The summed E-state index contributed by atoms with van der Waals surface area (Å²) in [5.41, 5.74) is 2.79. The number of urea groups is 1. The molecular weight excluding hydrogens is 304 g/mol. The van der Waals surface area contributed by atoms with Crippen molar-refractivity contribution < 1.29 is 14.3 Å². The topological polar surface area (TPSA) is 59.6 Å². The second-order valence-corrected chi connectivity index (χ2v) is 5.52. The predicted octanol–water partition coefficient (Wildman–Crippen LogP) is 4.29. The largest absolute Gasteiger partial charge is 0.497 e. The van der Waals surface area contributed by atoms with Gasteiger partial charge < -0.3 is 20.1 Å². The molecule has 0 aromatic heterocycles. The van der Waals surface area contributed by atoms with Crippen LogP contribution in [0.3, 0.4) is 0 Å². The van der Waals surface area contributed by atoms with Crippen molar-refractivity contribution >= 4 is 11.7 Å². The summed E-state index contributed by atoms with van der Waals surface area (Å²) in [5.74, 6) is 1.54. The monoisotopic (exact) mass is 328 g/mol. The van der Waals surface area contributed by atoms with E-state index in [4.69, 9.17) is 9.47 Å². The zero-order valence-electron chi connectivity index (χ0n) is 14.6. The van der Waals surface area contributed by atoms with E-state index in [-0.39, 0.29) is 12.1 Å². The second kappa shape index (κ2) is 8.24. The fourth-order valence-corrected chi connectivity index (χ4v) is 2.41. The van der Waals surface area contributed by atoms with Gasteiger partial charge >= 0.3 is 6.03 Å². The molecule has 0 aliphatic carbocycles. The van der Waals surface area contributed by atoms with Crippen LogP contribution >= 0.6 is 0 Å². The minimum Gasteiger partial charge on any atom is -0.497 e. The molecule has 0 heterocycles. The Morgan fingerprint density at radius 3 is 2.50 bits per heavy atom. The summed E-state index contributed by atoms with van der Waals surface area (Å²) in [4.78, 5) is 12.2. The summed E-state index contributed by atoms with van der Waals surface area (Å²) in [7, 11) is 1.61. The van der Waals surface area contributed by atoms with Crippen LogP contribution in [0.15, 0.2) is 42.5 Å². The van der Waals surface area contributed by atoms with Gasteiger partial charge in [-0.1, -0.05) is 17.7 Å². The summed E-state index contributed by atoms with van der Waals surface area (Å²) in [5, 5.41) is 5.75. The molecule has 2 aromatic carbocycles. The van der Waals surface area contributed by atoms with Crippen LogP contribution in [0.1, 0.15) is 31.0 Å². The third kappa shape index (κ3) is 4.65. The van der Waals surface area contributed by atoms with E-state index in [9.17, 15) is 4.79 Å². The summed E-state index contributed by atoms with van der Waals surface area (Å²) in [6.45, 7) is 6.48. The number of ether oxygens (including phenoxy) is 2. The maximum absolute atomic E-state index is 12.2. The molecule has 1 atom stereocenters. The number of methoxy groups -OCH3 is 1. The van der Waals surface area contributed by atoms with Crippen LogP contribution in [0.25, 0.3) is 0 Å². The summed E-state index contributed by atoms with van der Waals surface area (Å²) in [6.07, 6.45) is 0. The Bertz CT molecular complexity index is 684. The van der Waals surface area contributed by atoms with Crippen molar-refractivity contribution in [3.8, 4) is 11.5 Å². The lowest BCUT2D eigenvalue weighted by atomic mass is 10.0. The molecule has 0 aliphatic rings. The first kappa shape index (κ1) is 17.7. The number of carbonyl (C=O) groups is 1. The summed E-state index contributed by atoms with van der Waals surface area (Å²) < 4.78 is 10.8. The second-order valence-electron chi connectivity index (χ2n) is 5.52. The van der Waals surface area contributed by atoms with Crippen molar-refractivity contribution in [3.05, 3.63) is 53.6 Å². The lowest BCUT2D eigenvalue weighted by Crippen LogP contribution is -2.31. The van der Waals surface area contributed by atoms with E-state index in [1.165, 1.54) is 0 Å². The average molecular weight is 328 g/mol. The molecule has 2 rings (SSSR count). The zero-order valence-corrected chi connectivity index (χ0v) is 14.6. The van der Waals surface area contributed by atoms with Crippen molar-refractivity contribution in [3.63, 3.8) is 0 Å². The lowest BCUT2D eigenvalue weighted by molar-refractivity contribution is 0.249. The first-order valence-electron chi connectivity index (χ1n) is 7.98. The molecule has 0 spiro atoms. The maximum Gasteiger partial charge on any atom is 0.319 e. The van der Waals surface area contributed by atoms with Gasteiger partial charge in [0, 0.05) is 11.3 Å². The van der Waals surface area contributed by atoms with Crippen molar-refractivity contribution in [2.24, 2.45) is 0 Å². The molecule has 0 fully saturated rings. The molecule has 0 saturated carbocycles. The minimum absolute atomic E-state index is 0.176. The van der Waals surface area contributed by atoms with Gasteiger partial charge in [0.25, 0.3) is 0 Å². The minimum atomic E-state index is -0.267. The van der Waals surface area contributed by atoms with E-state index in [0.717, 1.165) is 22.6 Å². The van der Waals surface area contributed by atoms with Crippen LogP contribution in [0.2, 0.25) is 0 Å². The van der Waals surface area contributed by atoms with Gasteiger partial charge in [0.05, 0.1) is 19.8 Å². The highest BCUT2D eigenvalue weighted by atomic mass is 16.5. The Balaban J connectivity index is 2.04. The van der Waals surface area contributed by atoms with Crippen molar-refractivity contribution in [1.82, 2.24) is 5.32 Å². The van der Waals surface area contributed by atoms with Crippen LogP contribution < -0.4 is 20.1 Å². The first-order valence-corrected chi connectivity index (χ1v) is 7.98. The molecule has 2 N–H and O–H groups in total. The molecule has 0 saturated heterocycles. The van der Waals surface area contributed by atoms with Crippen molar-refractivity contribution in [2.45, 2.75) is 26.8 Å². The molecule has 0 aliphatic heterocycles. The SMILES string of the molecule is CCOc1ccc(C)cc1C(C)NC(=O)Nc1ccc(OC)cc1. The number of benzene rings is 2. The number of amides is 2. The van der Waals surface area contributed by atoms with E-state index in [1.807, 2.05) is 39.0 Å². The van der Waals surface area contributed by atoms with Crippen LogP contribution in [0.4, 0.5) is 10.5 Å². The summed E-state index contributed by atoms with van der Waals surface area (Å²) in [6, 6.07) is 12.7. The third-order valence-corrected chi connectivity index (χ3v) is 3.63. The van der Waals surface area contributed by atoms with E-state index < -0.39 is 0 Å². The fourth-order valence-electron chi connectivity index (χ4n) is 2.41. The van der Waals surface area contributed by atoms with E-state index in [1.54, 1.807) is 31.4 Å². The van der Waals surface area contributed by atoms with E-state index >= 15 is 0 Å². The van der Waals surface area contributed by atoms with Gasteiger partial charge in [-0.05, 0) is 51.1 Å². The highest BCUT2D eigenvalue weighted by Crippen LogP contribution is 2.26. The van der Waals surface area contributed by atoms with Gasteiger partial charge in [-0.25, -0.2) is 4.79 Å². The van der Waals surface area contributed by atoms with Crippen LogP contribution in [0, 0.1) is 6.92 Å². The van der Waals surface area contributed by atoms with Gasteiger partial charge in [0.2, 0.25) is 0 Å². The van der Waals surface area contributed by atoms with Gasteiger partial charge in [-0.3, -0.25) is 0 Å². The van der Waals surface area contributed by atoms with E-state index in [0.29, 0.717) is 12.3 Å². The molecule has 5 heteroatoms. The Morgan fingerprint density at radius 1 is 1.17 bits per heavy atom. The molecule has 2 aromatic rings. The number of nitrogens with one attached hydrogen (secondary N) is 2. The van der Waals surface area contributed by atoms with Crippen molar-refractivity contribution in [1.29, 1.82) is 0 Å². The smallest absolute Gasteiger partial charge is 0.319 e. The molecule has 0 bridgehead atoms. The first-order chi connectivity index (χ1) is 11.5. The van der Waals surface area contributed by atoms with Crippen molar-refractivity contribution in [2.75, 3.05) is 19.0 Å². The van der Waals surface area contributed by atoms with Gasteiger partial charge in [0.15, 0.2) is 0 Å². The summed E-state index contributed by atoms with van der Waals surface area (Å²) >= 11 is 0. The Hall–Kier alpha value is -2.69. The average Bonchev–Trinajstić information content (AvgIpc) is 2.57. The highest BCUT2D eigenvalue weighted by molar-refractivity contribution is 5.89.